The van der Waals surface area contributed by atoms with Crippen LogP contribution in [0.5, 0.6) is 0 Å². The summed E-state index contributed by atoms with van der Waals surface area (Å²) < 4.78 is 11.5. The number of hydrogen-bond donors (Lipinski definition) is 0. The summed E-state index contributed by atoms with van der Waals surface area (Å²) in [4.78, 5) is 0. The van der Waals surface area contributed by atoms with Gasteiger partial charge in [0.25, 0.3) is 0 Å². The molecule has 0 unspecified atom stereocenters. The number of furan rings is 1. The van der Waals surface area contributed by atoms with Gasteiger partial charge in [0, 0.05) is 49.0 Å². The summed E-state index contributed by atoms with van der Waals surface area (Å²) in [6.45, 7) is 0. The molecule has 0 amide bonds. The van der Waals surface area contributed by atoms with E-state index in [1.165, 1.54) is 60.1 Å². The highest BCUT2D eigenvalue weighted by Crippen LogP contribution is 2.42. The summed E-state index contributed by atoms with van der Waals surface area (Å²) in [5.41, 5.74) is 13.3. The van der Waals surface area contributed by atoms with Crippen LogP contribution in [0.15, 0.2) is 199 Å². The Labute approximate surface area is 316 Å². The Kier molecular flexibility index (Phi) is 6.34. The second-order valence-electron chi connectivity index (χ2n) is 14.5. The van der Waals surface area contributed by atoms with Gasteiger partial charge in [-0.1, -0.05) is 140 Å². The maximum absolute atomic E-state index is 6.64. The molecule has 12 aromatic rings. The predicted octanol–water partition coefficient (Wildman–Crippen LogP) is 14.3. The Bertz CT molecular complexity index is 3440. The quantitative estimate of drug-likeness (QED) is 0.179. The molecule has 0 aliphatic carbocycles. The van der Waals surface area contributed by atoms with Gasteiger partial charge in [0.2, 0.25) is 0 Å². The monoisotopic (exact) mass is 700 g/mol. The van der Waals surface area contributed by atoms with E-state index in [4.69, 9.17) is 4.42 Å². The maximum atomic E-state index is 6.64. The lowest BCUT2D eigenvalue weighted by atomic mass is 9.96. The van der Waals surface area contributed by atoms with Gasteiger partial charge in [-0.2, -0.15) is 0 Å². The maximum Gasteiger partial charge on any atom is 0.143 e. The Morgan fingerprint density at radius 2 is 0.891 bits per heavy atom. The molecule has 0 saturated carbocycles. The van der Waals surface area contributed by atoms with Crippen LogP contribution in [-0.2, 0) is 0 Å². The van der Waals surface area contributed by atoms with Gasteiger partial charge >= 0.3 is 0 Å². The Morgan fingerprint density at radius 3 is 1.65 bits per heavy atom. The molecule has 0 bridgehead atoms. The van der Waals surface area contributed by atoms with Crippen molar-refractivity contribution in [3.05, 3.63) is 194 Å². The fourth-order valence-electron chi connectivity index (χ4n) is 9.05. The van der Waals surface area contributed by atoms with Crippen molar-refractivity contribution in [3.63, 3.8) is 0 Å². The largest absolute Gasteiger partial charge is 0.455 e. The summed E-state index contributed by atoms with van der Waals surface area (Å²) in [6, 6.07) is 70.4. The first-order valence-electron chi connectivity index (χ1n) is 18.8. The van der Waals surface area contributed by atoms with Gasteiger partial charge in [0.05, 0.1) is 27.8 Å². The highest BCUT2D eigenvalue weighted by Gasteiger charge is 2.19. The van der Waals surface area contributed by atoms with Crippen molar-refractivity contribution in [2.24, 2.45) is 0 Å². The minimum Gasteiger partial charge on any atom is -0.455 e. The fraction of sp³-hybridized carbons (Fsp3) is 0. The van der Waals surface area contributed by atoms with E-state index in [0.29, 0.717) is 0 Å². The molecule has 0 fully saturated rings. The number of nitrogens with zero attached hydrogens (tertiary/aromatic N) is 2. The van der Waals surface area contributed by atoms with Crippen molar-refractivity contribution >= 4 is 76.3 Å². The zero-order chi connectivity index (χ0) is 36.0. The van der Waals surface area contributed by atoms with Crippen molar-refractivity contribution in [1.29, 1.82) is 0 Å². The van der Waals surface area contributed by atoms with Crippen molar-refractivity contribution in [1.82, 2.24) is 9.13 Å². The highest BCUT2D eigenvalue weighted by atomic mass is 16.3. The zero-order valence-electron chi connectivity index (χ0n) is 29.8. The minimum atomic E-state index is 0.899. The van der Waals surface area contributed by atoms with Crippen molar-refractivity contribution in [3.8, 4) is 33.6 Å². The van der Waals surface area contributed by atoms with E-state index in [1.54, 1.807) is 0 Å². The van der Waals surface area contributed by atoms with Crippen LogP contribution in [-0.4, -0.2) is 9.13 Å². The molecule has 3 nitrogen and oxygen atoms in total. The molecule has 0 atom stereocenters. The lowest BCUT2D eigenvalue weighted by Gasteiger charge is -2.15. The molecule has 3 heteroatoms. The van der Waals surface area contributed by atoms with E-state index >= 15 is 0 Å². The molecule has 0 spiro atoms. The molecule has 0 N–H and O–H groups in total. The van der Waals surface area contributed by atoms with Gasteiger partial charge in [-0.25, -0.2) is 0 Å². The van der Waals surface area contributed by atoms with E-state index in [-0.39, 0.29) is 0 Å². The molecule has 55 heavy (non-hydrogen) atoms. The molecule has 0 saturated heterocycles. The van der Waals surface area contributed by atoms with Gasteiger partial charge < -0.3 is 13.6 Å². The Balaban J connectivity index is 1.16. The van der Waals surface area contributed by atoms with Crippen LogP contribution < -0.4 is 0 Å². The van der Waals surface area contributed by atoms with Gasteiger partial charge in [-0.3, -0.25) is 0 Å². The molecule has 0 radical (unpaired) electrons. The van der Waals surface area contributed by atoms with E-state index in [2.05, 4.69) is 197 Å². The average molecular weight is 701 g/mol. The van der Waals surface area contributed by atoms with E-state index in [0.717, 1.165) is 49.9 Å². The second kappa shape index (κ2) is 11.6. The molecule has 0 aliphatic rings. The lowest BCUT2D eigenvalue weighted by molar-refractivity contribution is 0.670. The van der Waals surface area contributed by atoms with Gasteiger partial charge in [-0.15, -0.1) is 0 Å². The van der Waals surface area contributed by atoms with E-state index < -0.39 is 0 Å². The van der Waals surface area contributed by atoms with Gasteiger partial charge in [0.1, 0.15) is 11.2 Å². The van der Waals surface area contributed by atoms with Crippen molar-refractivity contribution in [2.75, 3.05) is 0 Å². The molecule has 3 aromatic heterocycles. The molecule has 256 valence electrons. The third kappa shape index (κ3) is 4.44. The molecular formula is C52H32N2O. The van der Waals surface area contributed by atoms with Crippen LogP contribution in [0.2, 0.25) is 0 Å². The second-order valence-corrected chi connectivity index (χ2v) is 14.5. The van der Waals surface area contributed by atoms with E-state index in [1.807, 2.05) is 6.07 Å². The first kappa shape index (κ1) is 30.1. The van der Waals surface area contributed by atoms with Gasteiger partial charge in [-0.05, 0) is 76.7 Å². The zero-order valence-corrected chi connectivity index (χ0v) is 29.8. The first-order chi connectivity index (χ1) is 27.3. The van der Waals surface area contributed by atoms with Crippen LogP contribution in [0, 0.1) is 0 Å². The van der Waals surface area contributed by atoms with Crippen molar-refractivity contribution < 1.29 is 4.42 Å². The molecule has 0 aliphatic heterocycles. The number of fused-ring (bicyclic) bond motifs is 10. The first-order valence-corrected chi connectivity index (χ1v) is 18.8. The highest BCUT2D eigenvalue weighted by molar-refractivity contribution is 6.13. The topological polar surface area (TPSA) is 23.0 Å². The third-order valence-electron chi connectivity index (χ3n) is 11.5. The number of para-hydroxylation sites is 5. The smallest absolute Gasteiger partial charge is 0.143 e. The molecule has 3 heterocycles. The van der Waals surface area contributed by atoms with Crippen LogP contribution >= 0.6 is 0 Å². The number of hydrogen-bond acceptors (Lipinski definition) is 1. The van der Waals surface area contributed by atoms with E-state index in [9.17, 15) is 0 Å². The van der Waals surface area contributed by atoms with Crippen LogP contribution in [0.1, 0.15) is 0 Å². The van der Waals surface area contributed by atoms with Crippen LogP contribution in [0.3, 0.4) is 0 Å². The molecule has 12 rings (SSSR count). The third-order valence-corrected chi connectivity index (χ3v) is 11.5. The number of rotatable bonds is 4. The standard InChI is InChI=1S/C52H32N2O/c1-2-15-38-33(13-1)14-11-25-46(38)54-49-24-9-5-18-42(49)43-28-27-34(32-50(43)54)35-29-36(39-20-12-21-45-44-19-6-10-26-51(44)55-52(39)45)31-37(30-35)53-47-22-7-3-16-40(47)41-17-4-8-23-48(41)53/h1-32H. The SMILES string of the molecule is c1ccc2c(-n3c4ccccc4c4ccc(-c5cc(-c6cccc7c6oc6ccccc67)cc(-n6c7ccccc7c7ccccc76)c5)cc43)cccc2c1. The fourth-order valence-corrected chi connectivity index (χ4v) is 9.05. The lowest BCUT2D eigenvalue weighted by Crippen LogP contribution is -1.97. The summed E-state index contributed by atoms with van der Waals surface area (Å²) in [5.74, 6) is 0. The normalized spacial score (nSPS) is 12.0. The summed E-state index contributed by atoms with van der Waals surface area (Å²) in [7, 11) is 0. The summed E-state index contributed by atoms with van der Waals surface area (Å²) >= 11 is 0. The van der Waals surface area contributed by atoms with Crippen LogP contribution in [0.4, 0.5) is 0 Å². The van der Waals surface area contributed by atoms with Gasteiger partial charge in [0.15, 0.2) is 0 Å². The average Bonchev–Trinajstić information content (AvgIpc) is 3.91. The molecule has 9 aromatic carbocycles. The predicted molar refractivity (Wildman–Crippen MR) is 231 cm³/mol. The number of benzene rings is 9. The Morgan fingerprint density at radius 1 is 0.327 bits per heavy atom. The minimum absolute atomic E-state index is 0.899. The van der Waals surface area contributed by atoms with Crippen LogP contribution in [0.25, 0.3) is 110 Å². The number of aromatic nitrogens is 2. The van der Waals surface area contributed by atoms with Crippen molar-refractivity contribution in [2.45, 2.75) is 0 Å². The summed E-state index contributed by atoms with van der Waals surface area (Å²) in [5, 5.41) is 9.67. The summed E-state index contributed by atoms with van der Waals surface area (Å²) in [6.07, 6.45) is 0. The molecular weight excluding hydrogens is 669 g/mol. The Hall–Kier alpha value is -7.36.